The van der Waals surface area contributed by atoms with Crippen molar-refractivity contribution in [3.05, 3.63) is 35.9 Å². The monoisotopic (exact) mass is 370 g/mol. The predicted octanol–water partition coefficient (Wildman–Crippen LogP) is 2.66. The summed E-state index contributed by atoms with van der Waals surface area (Å²) in [6.07, 6.45) is 8.56. The third-order valence-corrected chi connectivity index (χ3v) is 5.58. The second-order valence-electron chi connectivity index (χ2n) is 7.32. The minimum Gasteiger partial charge on any atom is -0.493 e. The van der Waals surface area contributed by atoms with Crippen LogP contribution >= 0.6 is 0 Å². The lowest BCUT2D eigenvalue weighted by Gasteiger charge is -2.26. The Morgan fingerprint density at radius 2 is 2.19 bits per heavy atom. The zero-order chi connectivity index (χ0) is 18.6. The molecule has 0 spiro atoms. The maximum absolute atomic E-state index is 12.7. The first-order valence-electron chi connectivity index (χ1n) is 9.71. The van der Waals surface area contributed by atoms with Gasteiger partial charge in [-0.1, -0.05) is 31.4 Å². The molecule has 1 aromatic heterocycles. The maximum atomic E-state index is 12.7. The number of carbonyl (C=O) groups excluding carboxylic acids is 1. The summed E-state index contributed by atoms with van der Waals surface area (Å²) in [5.41, 5.74) is 1.01. The number of nitrogens with zero attached hydrogens (tertiary/aromatic N) is 3. The Bertz CT molecular complexity index is 798. The molecule has 7 heteroatoms. The molecule has 0 saturated heterocycles. The van der Waals surface area contributed by atoms with Gasteiger partial charge in [0.05, 0.1) is 19.6 Å². The predicted molar refractivity (Wildman–Crippen MR) is 99.7 cm³/mol. The Hall–Kier alpha value is -2.57. The van der Waals surface area contributed by atoms with Gasteiger partial charge in [-0.2, -0.15) is 0 Å². The molecule has 1 fully saturated rings. The van der Waals surface area contributed by atoms with Crippen molar-refractivity contribution < 1.29 is 14.3 Å². The van der Waals surface area contributed by atoms with Crippen LogP contribution in [0.2, 0.25) is 0 Å². The number of carbonyl (C=O) groups is 1. The molecule has 2 aromatic rings. The summed E-state index contributed by atoms with van der Waals surface area (Å²) in [5, 5.41) is 11.3. The number of amides is 1. The molecule has 2 aliphatic rings. The van der Waals surface area contributed by atoms with Crippen LogP contribution in [0.1, 0.15) is 49.5 Å². The topological polar surface area (TPSA) is 78.3 Å². The van der Waals surface area contributed by atoms with Crippen LogP contribution < -0.4 is 14.8 Å². The van der Waals surface area contributed by atoms with Gasteiger partial charge >= 0.3 is 0 Å². The van der Waals surface area contributed by atoms with Crippen molar-refractivity contribution >= 4 is 5.91 Å². The molecule has 1 aromatic carbocycles. The lowest BCUT2D eigenvalue weighted by atomic mass is 9.95. The van der Waals surface area contributed by atoms with Crippen molar-refractivity contribution in [3.8, 4) is 11.5 Å². The Morgan fingerprint density at radius 1 is 1.33 bits per heavy atom. The van der Waals surface area contributed by atoms with E-state index < -0.39 is 0 Å². The van der Waals surface area contributed by atoms with Crippen molar-refractivity contribution in [2.45, 2.75) is 51.1 Å². The van der Waals surface area contributed by atoms with Crippen LogP contribution in [-0.4, -0.2) is 34.4 Å². The van der Waals surface area contributed by atoms with Crippen LogP contribution in [0.5, 0.6) is 11.5 Å². The van der Waals surface area contributed by atoms with Gasteiger partial charge in [0.1, 0.15) is 12.9 Å². The largest absolute Gasteiger partial charge is 0.493 e. The standard InChI is InChI=1S/C20H26N4O3/c1-26-17-9-5-6-14-10-15(12-27-19(14)17)20(25)21-11-18-23-22-13-24(18)16-7-3-2-4-8-16/h5-6,9,13,15-16H,2-4,7-8,10-12H2,1H3,(H,21,25)/t15-/m1/s1. The van der Waals surface area contributed by atoms with E-state index in [2.05, 4.69) is 20.1 Å². The zero-order valence-electron chi connectivity index (χ0n) is 15.7. The van der Waals surface area contributed by atoms with Gasteiger partial charge in [-0.25, -0.2) is 0 Å². The molecule has 0 bridgehead atoms. The molecule has 0 unspecified atom stereocenters. The van der Waals surface area contributed by atoms with Crippen LogP contribution in [0.3, 0.4) is 0 Å². The highest BCUT2D eigenvalue weighted by molar-refractivity contribution is 5.79. The van der Waals surface area contributed by atoms with E-state index in [9.17, 15) is 4.79 Å². The Balaban J connectivity index is 1.37. The molecule has 144 valence electrons. The first-order chi connectivity index (χ1) is 13.3. The summed E-state index contributed by atoms with van der Waals surface area (Å²) in [7, 11) is 1.63. The number of fused-ring (bicyclic) bond motifs is 1. The van der Waals surface area contributed by atoms with E-state index in [4.69, 9.17) is 9.47 Å². The van der Waals surface area contributed by atoms with Gasteiger partial charge in [0.15, 0.2) is 17.3 Å². The van der Waals surface area contributed by atoms with Crippen molar-refractivity contribution in [1.82, 2.24) is 20.1 Å². The second-order valence-corrected chi connectivity index (χ2v) is 7.32. The van der Waals surface area contributed by atoms with Crippen molar-refractivity contribution in [2.75, 3.05) is 13.7 Å². The van der Waals surface area contributed by atoms with Crippen LogP contribution in [0, 0.1) is 5.92 Å². The van der Waals surface area contributed by atoms with E-state index >= 15 is 0 Å². The number of rotatable bonds is 5. The van der Waals surface area contributed by atoms with Gasteiger partial charge in [0.25, 0.3) is 0 Å². The molecule has 1 aliphatic carbocycles. The van der Waals surface area contributed by atoms with E-state index in [0.29, 0.717) is 31.4 Å². The number of ether oxygens (including phenoxy) is 2. The fourth-order valence-corrected chi connectivity index (χ4v) is 4.09. The number of hydrogen-bond acceptors (Lipinski definition) is 5. The van der Waals surface area contributed by atoms with Gasteiger partial charge in [0, 0.05) is 6.04 Å². The van der Waals surface area contributed by atoms with Gasteiger partial charge in [-0.05, 0) is 30.9 Å². The number of hydrogen-bond donors (Lipinski definition) is 1. The average molecular weight is 370 g/mol. The summed E-state index contributed by atoms with van der Waals surface area (Å²) < 4.78 is 13.3. The fourth-order valence-electron chi connectivity index (χ4n) is 4.09. The number of aromatic nitrogens is 3. The maximum Gasteiger partial charge on any atom is 0.227 e. The number of methoxy groups -OCH3 is 1. The van der Waals surface area contributed by atoms with E-state index in [1.54, 1.807) is 13.4 Å². The van der Waals surface area contributed by atoms with Crippen LogP contribution in [-0.2, 0) is 17.8 Å². The van der Waals surface area contributed by atoms with E-state index in [0.717, 1.165) is 30.0 Å². The zero-order valence-corrected chi connectivity index (χ0v) is 15.7. The highest BCUT2D eigenvalue weighted by Gasteiger charge is 2.28. The summed E-state index contributed by atoms with van der Waals surface area (Å²) in [6, 6.07) is 6.24. The summed E-state index contributed by atoms with van der Waals surface area (Å²) in [6.45, 7) is 0.755. The summed E-state index contributed by atoms with van der Waals surface area (Å²) in [4.78, 5) is 12.7. The van der Waals surface area contributed by atoms with Crippen LogP contribution in [0.4, 0.5) is 0 Å². The van der Waals surface area contributed by atoms with Gasteiger partial charge in [-0.15, -0.1) is 10.2 Å². The van der Waals surface area contributed by atoms with E-state index in [1.165, 1.54) is 19.3 Å². The molecule has 0 radical (unpaired) electrons. The quantitative estimate of drug-likeness (QED) is 0.875. The van der Waals surface area contributed by atoms with E-state index in [-0.39, 0.29) is 11.8 Å². The normalized spacial score (nSPS) is 19.8. The van der Waals surface area contributed by atoms with Gasteiger partial charge in [-0.3, -0.25) is 4.79 Å². The molecule has 7 nitrogen and oxygen atoms in total. The molecular weight excluding hydrogens is 344 g/mol. The first kappa shape index (κ1) is 17.8. The molecule has 1 atom stereocenters. The Kier molecular flexibility index (Phi) is 5.27. The summed E-state index contributed by atoms with van der Waals surface area (Å²) in [5.74, 6) is 2.07. The lowest BCUT2D eigenvalue weighted by molar-refractivity contribution is -0.126. The van der Waals surface area contributed by atoms with Crippen molar-refractivity contribution in [2.24, 2.45) is 5.92 Å². The third-order valence-electron chi connectivity index (χ3n) is 5.58. The van der Waals surface area contributed by atoms with Gasteiger partial charge < -0.3 is 19.4 Å². The van der Waals surface area contributed by atoms with Crippen molar-refractivity contribution in [1.29, 1.82) is 0 Å². The molecular formula is C20H26N4O3. The fraction of sp³-hybridized carbons (Fsp3) is 0.550. The van der Waals surface area contributed by atoms with E-state index in [1.807, 2.05) is 18.2 Å². The highest BCUT2D eigenvalue weighted by atomic mass is 16.5. The number of benzene rings is 1. The lowest BCUT2D eigenvalue weighted by Crippen LogP contribution is -2.37. The highest BCUT2D eigenvalue weighted by Crippen LogP contribution is 2.36. The van der Waals surface area contributed by atoms with Crippen LogP contribution in [0.15, 0.2) is 24.5 Å². The Labute approximate surface area is 159 Å². The van der Waals surface area contributed by atoms with Crippen molar-refractivity contribution in [3.63, 3.8) is 0 Å². The SMILES string of the molecule is COc1cccc2c1OC[C@H](C(=O)NCc1nncn1C1CCCCC1)C2. The smallest absolute Gasteiger partial charge is 0.227 e. The van der Waals surface area contributed by atoms with Crippen LogP contribution in [0.25, 0.3) is 0 Å². The third kappa shape index (κ3) is 3.77. The molecule has 1 saturated carbocycles. The minimum absolute atomic E-state index is 0.0123. The molecule has 27 heavy (non-hydrogen) atoms. The second kappa shape index (κ2) is 7.98. The molecule has 1 N–H and O–H groups in total. The molecule has 2 heterocycles. The van der Waals surface area contributed by atoms with Gasteiger partial charge in [0.2, 0.25) is 5.91 Å². The number of para-hydroxylation sites is 1. The first-order valence-corrected chi connectivity index (χ1v) is 9.71. The Morgan fingerprint density at radius 3 is 3.00 bits per heavy atom. The average Bonchev–Trinajstić information content (AvgIpc) is 3.20. The molecule has 4 rings (SSSR count). The molecule has 1 aliphatic heterocycles. The molecule has 1 amide bonds. The number of nitrogens with one attached hydrogen (secondary N) is 1. The summed E-state index contributed by atoms with van der Waals surface area (Å²) >= 11 is 0. The minimum atomic E-state index is -0.212.